The molecule has 0 unspecified atom stereocenters. The smallest absolute Gasteiger partial charge is 0.247 e. The van der Waals surface area contributed by atoms with Crippen molar-refractivity contribution >= 4 is 43.6 Å². The van der Waals surface area contributed by atoms with Gasteiger partial charge in [-0.2, -0.15) is 5.26 Å². The number of primary sulfonamides is 1. The number of sulfonamides is 1. The second kappa shape index (κ2) is 8.12. The van der Waals surface area contributed by atoms with E-state index in [9.17, 15) is 16.8 Å². The van der Waals surface area contributed by atoms with Crippen molar-refractivity contribution in [2.75, 3.05) is 6.54 Å². The number of rotatable bonds is 6. The fourth-order valence-corrected chi connectivity index (χ4v) is 7.51. The van der Waals surface area contributed by atoms with Crippen molar-refractivity contribution in [3.8, 4) is 6.07 Å². The van der Waals surface area contributed by atoms with E-state index in [0.717, 1.165) is 0 Å². The third kappa shape index (κ3) is 4.28. The van der Waals surface area contributed by atoms with E-state index in [1.54, 1.807) is 0 Å². The molecular weight excluding hydrogens is 394 g/mol. The molecular formula is C13H20ClN3O4S3. The van der Waals surface area contributed by atoms with Crippen LogP contribution < -0.4 is 10.5 Å². The van der Waals surface area contributed by atoms with Gasteiger partial charge >= 0.3 is 0 Å². The van der Waals surface area contributed by atoms with Gasteiger partial charge < -0.3 is 5.32 Å². The molecule has 2 heterocycles. The zero-order valence-electron chi connectivity index (χ0n) is 13.1. The number of nitriles is 1. The van der Waals surface area contributed by atoms with Crippen LogP contribution in [0.2, 0.25) is 0 Å². The number of nitrogens with zero attached hydrogens (tertiary/aromatic N) is 1. The first-order valence-electron chi connectivity index (χ1n) is 7.22. The summed E-state index contributed by atoms with van der Waals surface area (Å²) in [7, 11) is -7.55. The van der Waals surface area contributed by atoms with Crippen LogP contribution in [-0.4, -0.2) is 28.6 Å². The summed E-state index contributed by atoms with van der Waals surface area (Å²) >= 11 is 0.716. The largest absolute Gasteiger partial charge is 0.310 e. The van der Waals surface area contributed by atoms with Gasteiger partial charge in [0.1, 0.15) is 8.42 Å². The molecule has 1 aliphatic heterocycles. The van der Waals surface area contributed by atoms with Crippen LogP contribution in [0.1, 0.15) is 44.2 Å². The molecule has 3 N–H and O–H groups in total. The highest BCUT2D eigenvalue weighted by Crippen LogP contribution is 2.43. The SMILES string of the molecule is CCN[C@H]1C[C@H](CCCC#N)S(=O)(=O)c2sc(S(N)(=O)=O)cc21.Cl. The summed E-state index contributed by atoms with van der Waals surface area (Å²) in [5, 5.41) is 16.4. The number of thiophene rings is 1. The third-order valence-corrected chi connectivity index (χ3v) is 9.19. The average Bonchev–Trinajstić information content (AvgIpc) is 2.90. The molecule has 0 fully saturated rings. The Morgan fingerprint density at radius 3 is 2.71 bits per heavy atom. The van der Waals surface area contributed by atoms with E-state index in [-0.39, 0.29) is 26.9 Å². The third-order valence-electron chi connectivity index (χ3n) is 3.82. The van der Waals surface area contributed by atoms with Crippen LogP contribution in [0, 0.1) is 11.3 Å². The van der Waals surface area contributed by atoms with Crippen LogP contribution in [0.3, 0.4) is 0 Å². The summed E-state index contributed by atoms with van der Waals surface area (Å²) in [6, 6.07) is 3.15. The molecule has 0 bridgehead atoms. The highest BCUT2D eigenvalue weighted by Gasteiger charge is 2.41. The van der Waals surface area contributed by atoms with Crippen LogP contribution in [0.4, 0.5) is 0 Å². The van der Waals surface area contributed by atoms with Crippen molar-refractivity contribution in [1.82, 2.24) is 5.32 Å². The van der Waals surface area contributed by atoms with Gasteiger partial charge in [0.05, 0.1) is 11.3 Å². The van der Waals surface area contributed by atoms with Crippen molar-refractivity contribution in [3.63, 3.8) is 0 Å². The van der Waals surface area contributed by atoms with Gasteiger partial charge in [-0.15, -0.1) is 23.7 Å². The lowest BCUT2D eigenvalue weighted by Crippen LogP contribution is -2.35. The van der Waals surface area contributed by atoms with Gasteiger partial charge in [-0.3, -0.25) is 0 Å². The molecule has 2 rings (SSSR count). The van der Waals surface area contributed by atoms with Gasteiger partial charge in [0.25, 0.3) is 0 Å². The second-order valence-corrected chi connectivity index (χ2v) is 10.7. The zero-order valence-corrected chi connectivity index (χ0v) is 16.3. The van der Waals surface area contributed by atoms with E-state index in [2.05, 4.69) is 5.32 Å². The molecule has 24 heavy (non-hydrogen) atoms. The first kappa shape index (κ1) is 21.3. The summed E-state index contributed by atoms with van der Waals surface area (Å²) in [5.74, 6) is 0. The first-order valence-corrected chi connectivity index (χ1v) is 11.1. The Hall–Kier alpha value is -0.700. The predicted molar refractivity (Wildman–Crippen MR) is 94.4 cm³/mol. The number of fused-ring (bicyclic) bond motifs is 1. The predicted octanol–water partition coefficient (Wildman–Crippen LogP) is 1.71. The Bertz CT molecular complexity index is 827. The maximum atomic E-state index is 12.8. The fourth-order valence-electron chi connectivity index (χ4n) is 2.76. The van der Waals surface area contributed by atoms with E-state index in [0.29, 0.717) is 49.1 Å². The molecule has 7 nitrogen and oxygen atoms in total. The Morgan fingerprint density at radius 2 is 2.17 bits per heavy atom. The van der Waals surface area contributed by atoms with Crippen molar-refractivity contribution in [3.05, 3.63) is 11.6 Å². The van der Waals surface area contributed by atoms with E-state index in [4.69, 9.17) is 10.4 Å². The Labute approximate surface area is 152 Å². The number of sulfone groups is 1. The summed E-state index contributed by atoms with van der Waals surface area (Å²) < 4.78 is 48.6. The average molecular weight is 414 g/mol. The molecule has 0 saturated heterocycles. The fraction of sp³-hybridized carbons (Fsp3) is 0.615. The maximum absolute atomic E-state index is 12.8. The standard InChI is InChI=1S/C13H19N3O4S3.ClH/c1-2-16-11-7-9(5-3-4-6-14)22(17,18)13-10(11)8-12(21-13)23(15,19)20;/h8-9,11,16H,2-5,7H2,1H3,(H2,15,19,20);1H/t9-,11-;/m0./s1. The summed E-state index contributed by atoms with van der Waals surface area (Å²) in [6.45, 7) is 2.54. The molecule has 1 aromatic rings. The number of unbranched alkanes of at least 4 members (excludes halogenated alkanes) is 1. The van der Waals surface area contributed by atoms with Crippen LogP contribution >= 0.6 is 23.7 Å². The molecule has 2 atom stereocenters. The van der Waals surface area contributed by atoms with E-state index in [1.165, 1.54) is 6.07 Å². The molecule has 0 radical (unpaired) electrons. The minimum absolute atomic E-state index is 0. The van der Waals surface area contributed by atoms with Crippen molar-refractivity contribution in [1.29, 1.82) is 5.26 Å². The van der Waals surface area contributed by atoms with Gasteiger partial charge in [-0.25, -0.2) is 22.0 Å². The Morgan fingerprint density at radius 1 is 1.50 bits per heavy atom. The van der Waals surface area contributed by atoms with Crippen LogP contribution in [-0.2, 0) is 19.9 Å². The second-order valence-electron chi connectivity index (χ2n) is 5.42. The van der Waals surface area contributed by atoms with Gasteiger partial charge in [0.2, 0.25) is 10.0 Å². The molecule has 1 aromatic heterocycles. The molecule has 0 spiro atoms. The monoisotopic (exact) mass is 413 g/mol. The van der Waals surface area contributed by atoms with E-state index >= 15 is 0 Å². The van der Waals surface area contributed by atoms with Crippen molar-refractivity contribution in [2.24, 2.45) is 5.14 Å². The number of nitrogens with two attached hydrogens (primary N) is 1. The summed E-state index contributed by atoms with van der Waals surface area (Å²) in [6.07, 6.45) is 1.56. The van der Waals surface area contributed by atoms with Gasteiger partial charge in [-0.1, -0.05) is 6.92 Å². The number of halogens is 1. The normalized spacial score (nSPS) is 22.2. The maximum Gasteiger partial charge on any atom is 0.247 e. The lowest BCUT2D eigenvalue weighted by atomic mass is 10.0. The van der Waals surface area contributed by atoms with Crippen LogP contribution in [0.5, 0.6) is 0 Å². The van der Waals surface area contributed by atoms with Gasteiger partial charge in [0.15, 0.2) is 9.84 Å². The molecule has 0 aliphatic carbocycles. The number of hydrogen-bond donors (Lipinski definition) is 2. The molecule has 0 amide bonds. The Kier molecular flexibility index (Phi) is 7.22. The topological polar surface area (TPSA) is 130 Å². The molecule has 0 aromatic carbocycles. The molecule has 11 heteroatoms. The molecule has 0 saturated carbocycles. The highest BCUT2D eigenvalue weighted by molar-refractivity contribution is 7.95. The minimum Gasteiger partial charge on any atom is -0.310 e. The Balaban J connectivity index is 0.00000288. The zero-order chi connectivity index (χ0) is 17.3. The first-order chi connectivity index (χ1) is 10.7. The lowest BCUT2D eigenvalue weighted by molar-refractivity contribution is 0.454. The quantitative estimate of drug-likeness (QED) is 0.682. The molecule has 136 valence electrons. The summed E-state index contributed by atoms with van der Waals surface area (Å²) in [4.78, 5) is 0. The number of nitrogens with one attached hydrogen (secondary N) is 1. The molecule has 1 aliphatic rings. The van der Waals surface area contributed by atoms with Crippen LogP contribution in [0.15, 0.2) is 14.5 Å². The van der Waals surface area contributed by atoms with E-state index in [1.807, 2.05) is 13.0 Å². The van der Waals surface area contributed by atoms with E-state index < -0.39 is 25.1 Å². The number of hydrogen-bond acceptors (Lipinski definition) is 7. The lowest BCUT2D eigenvalue weighted by Gasteiger charge is -2.29. The van der Waals surface area contributed by atoms with Gasteiger partial charge in [0, 0.05) is 18.0 Å². The minimum atomic E-state index is -3.94. The summed E-state index contributed by atoms with van der Waals surface area (Å²) in [5.41, 5.74) is 0.484. The van der Waals surface area contributed by atoms with Crippen LogP contribution in [0.25, 0.3) is 0 Å². The van der Waals surface area contributed by atoms with Crippen molar-refractivity contribution in [2.45, 2.75) is 52.3 Å². The van der Waals surface area contributed by atoms with Crippen molar-refractivity contribution < 1.29 is 16.8 Å². The highest BCUT2D eigenvalue weighted by atomic mass is 35.5. The van der Waals surface area contributed by atoms with Gasteiger partial charge in [-0.05, 0) is 31.9 Å².